The van der Waals surface area contributed by atoms with Crippen LogP contribution < -0.4 is 5.32 Å². The number of nitrogens with zero attached hydrogens (tertiary/aromatic N) is 2. The molecule has 0 aliphatic heterocycles. The molecular weight excluding hydrogens is 242 g/mol. The van der Waals surface area contributed by atoms with Gasteiger partial charge in [0.05, 0.1) is 11.9 Å². The third kappa shape index (κ3) is 3.37. The Morgan fingerprint density at radius 1 is 1.33 bits per heavy atom. The number of thioether (sulfide) groups is 1. The molecule has 96 valence electrons. The molecule has 0 aliphatic carbocycles. The van der Waals surface area contributed by atoms with Gasteiger partial charge < -0.3 is 5.32 Å². The van der Waals surface area contributed by atoms with Gasteiger partial charge in [0.2, 0.25) is 0 Å². The molecule has 1 unspecified atom stereocenters. The van der Waals surface area contributed by atoms with Gasteiger partial charge in [0.1, 0.15) is 0 Å². The second-order valence-electron chi connectivity index (χ2n) is 4.22. The lowest BCUT2D eigenvalue weighted by molar-refractivity contribution is 0.601. The highest BCUT2D eigenvalue weighted by molar-refractivity contribution is 7.98. The van der Waals surface area contributed by atoms with Crippen molar-refractivity contribution in [3.63, 3.8) is 0 Å². The zero-order valence-electron chi connectivity index (χ0n) is 10.8. The third-order valence-corrected chi connectivity index (χ3v) is 3.49. The zero-order chi connectivity index (χ0) is 12.8. The molecule has 2 rings (SSSR count). The molecule has 2 aromatic rings. The second kappa shape index (κ2) is 6.61. The molecule has 0 saturated carbocycles. The van der Waals surface area contributed by atoms with E-state index < -0.39 is 0 Å². The molecule has 1 aromatic heterocycles. The first-order valence-electron chi connectivity index (χ1n) is 6.13. The number of benzene rings is 1. The van der Waals surface area contributed by atoms with Crippen molar-refractivity contribution in [1.82, 2.24) is 15.1 Å². The van der Waals surface area contributed by atoms with Crippen LogP contribution in [0.5, 0.6) is 0 Å². The Morgan fingerprint density at radius 3 is 2.83 bits per heavy atom. The maximum Gasteiger partial charge on any atom is 0.0645 e. The maximum atomic E-state index is 4.41. The summed E-state index contributed by atoms with van der Waals surface area (Å²) in [6.45, 7) is 3.20. The predicted octanol–water partition coefficient (Wildman–Crippen LogP) is 2.89. The van der Waals surface area contributed by atoms with Gasteiger partial charge in [-0.05, 0) is 25.3 Å². The minimum Gasteiger partial charge on any atom is -0.309 e. The minimum absolute atomic E-state index is 0.342. The summed E-state index contributed by atoms with van der Waals surface area (Å²) in [6, 6.07) is 10.5. The topological polar surface area (TPSA) is 29.9 Å². The number of nitrogens with one attached hydrogen (secondary N) is 1. The molecule has 4 heteroatoms. The Bertz CT molecular complexity index is 467. The Morgan fingerprint density at radius 2 is 2.11 bits per heavy atom. The number of rotatable bonds is 6. The van der Waals surface area contributed by atoms with E-state index in [-0.39, 0.29) is 0 Å². The monoisotopic (exact) mass is 261 g/mol. The molecule has 0 amide bonds. The standard InChI is InChI=1S/C14H19N3S/c1-12(15-8-9-18-2)13-10-16-17(11-13)14-6-4-3-5-7-14/h3-7,10-12,15H,8-9H2,1-2H3. The van der Waals surface area contributed by atoms with E-state index in [0.29, 0.717) is 6.04 Å². The number of aromatic nitrogens is 2. The fraction of sp³-hybridized carbons (Fsp3) is 0.357. The fourth-order valence-corrected chi connectivity index (χ4v) is 2.10. The largest absolute Gasteiger partial charge is 0.309 e. The zero-order valence-corrected chi connectivity index (χ0v) is 11.7. The minimum atomic E-state index is 0.342. The predicted molar refractivity (Wildman–Crippen MR) is 78.4 cm³/mol. The van der Waals surface area contributed by atoms with Crippen LogP contribution in [0.3, 0.4) is 0 Å². The molecule has 0 fully saturated rings. The first-order chi connectivity index (χ1) is 8.81. The number of hydrogen-bond donors (Lipinski definition) is 1. The van der Waals surface area contributed by atoms with E-state index in [4.69, 9.17) is 0 Å². The quantitative estimate of drug-likeness (QED) is 0.811. The van der Waals surface area contributed by atoms with E-state index in [1.807, 2.05) is 40.8 Å². The summed E-state index contributed by atoms with van der Waals surface area (Å²) in [5.74, 6) is 1.14. The SMILES string of the molecule is CSCCNC(C)c1cnn(-c2ccccc2)c1. The van der Waals surface area contributed by atoms with Crippen LogP contribution in [0.25, 0.3) is 5.69 Å². The van der Waals surface area contributed by atoms with Crippen molar-refractivity contribution in [2.24, 2.45) is 0 Å². The van der Waals surface area contributed by atoms with Crippen molar-refractivity contribution in [2.75, 3.05) is 18.6 Å². The van der Waals surface area contributed by atoms with E-state index in [1.165, 1.54) is 5.56 Å². The lowest BCUT2D eigenvalue weighted by Gasteiger charge is -2.10. The number of hydrogen-bond acceptors (Lipinski definition) is 3. The van der Waals surface area contributed by atoms with Crippen LogP contribution in [0.2, 0.25) is 0 Å². The highest BCUT2D eigenvalue weighted by Gasteiger charge is 2.07. The normalized spacial score (nSPS) is 12.6. The highest BCUT2D eigenvalue weighted by Crippen LogP contribution is 2.14. The third-order valence-electron chi connectivity index (χ3n) is 2.88. The average molecular weight is 261 g/mol. The molecule has 18 heavy (non-hydrogen) atoms. The summed E-state index contributed by atoms with van der Waals surface area (Å²) in [7, 11) is 0. The molecule has 0 aliphatic rings. The highest BCUT2D eigenvalue weighted by atomic mass is 32.2. The lowest BCUT2D eigenvalue weighted by Crippen LogP contribution is -2.20. The van der Waals surface area contributed by atoms with Crippen LogP contribution in [0, 0.1) is 0 Å². The van der Waals surface area contributed by atoms with Gasteiger partial charge in [0.25, 0.3) is 0 Å². The van der Waals surface area contributed by atoms with Gasteiger partial charge in [0.15, 0.2) is 0 Å². The average Bonchev–Trinajstić information content (AvgIpc) is 2.89. The molecule has 0 spiro atoms. The van der Waals surface area contributed by atoms with Gasteiger partial charge in [0, 0.05) is 30.1 Å². The molecule has 1 N–H and O–H groups in total. The molecular formula is C14H19N3S. The summed E-state index contributed by atoms with van der Waals surface area (Å²) in [5.41, 5.74) is 2.32. The van der Waals surface area contributed by atoms with Crippen molar-refractivity contribution >= 4 is 11.8 Å². The van der Waals surface area contributed by atoms with Gasteiger partial charge in [-0.25, -0.2) is 4.68 Å². The molecule has 1 heterocycles. The first-order valence-corrected chi connectivity index (χ1v) is 7.53. The Balaban J connectivity index is 2.02. The molecule has 1 atom stereocenters. The molecule has 1 aromatic carbocycles. The Hall–Kier alpha value is -1.26. The van der Waals surface area contributed by atoms with E-state index in [1.54, 1.807) is 0 Å². The van der Waals surface area contributed by atoms with Gasteiger partial charge in [-0.15, -0.1) is 0 Å². The van der Waals surface area contributed by atoms with Gasteiger partial charge in [-0.2, -0.15) is 16.9 Å². The number of para-hydroxylation sites is 1. The molecule has 0 saturated heterocycles. The van der Waals surface area contributed by atoms with E-state index in [2.05, 4.69) is 41.9 Å². The summed E-state index contributed by atoms with van der Waals surface area (Å²) in [6.07, 6.45) is 6.15. The summed E-state index contributed by atoms with van der Waals surface area (Å²) >= 11 is 1.86. The van der Waals surface area contributed by atoms with Crippen molar-refractivity contribution in [1.29, 1.82) is 0 Å². The summed E-state index contributed by atoms with van der Waals surface area (Å²) < 4.78 is 1.92. The second-order valence-corrected chi connectivity index (χ2v) is 5.21. The van der Waals surface area contributed by atoms with Crippen molar-refractivity contribution in [3.05, 3.63) is 48.3 Å². The van der Waals surface area contributed by atoms with E-state index >= 15 is 0 Å². The van der Waals surface area contributed by atoms with Crippen LogP contribution in [0.4, 0.5) is 0 Å². The summed E-state index contributed by atoms with van der Waals surface area (Å²) in [4.78, 5) is 0. The van der Waals surface area contributed by atoms with Crippen molar-refractivity contribution in [3.8, 4) is 5.69 Å². The van der Waals surface area contributed by atoms with Crippen LogP contribution in [0.15, 0.2) is 42.7 Å². The summed E-state index contributed by atoms with van der Waals surface area (Å²) in [5, 5.41) is 7.90. The molecule has 3 nitrogen and oxygen atoms in total. The van der Waals surface area contributed by atoms with E-state index in [0.717, 1.165) is 18.0 Å². The maximum absolute atomic E-state index is 4.41. The molecule has 0 bridgehead atoms. The first kappa shape index (κ1) is 13.2. The van der Waals surface area contributed by atoms with Crippen LogP contribution in [0.1, 0.15) is 18.5 Å². The fourth-order valence-electron chi connectivity index (χ4n) is 1.78. The van der Waals surface area contributed by atoms with E-state index in [9.17, 15) is 0 Å². The van der Waals surface area contributed by atoms with Crippen LogP contribution in [-0.2, 0) is 0 Å². The van der Waals surface area contributed by atoms with Gasteiger partial charge >= 0.3 is 0 Å². The lowest BCUT2D eigenvalue weighted by atomic mass is 10.2. The van der Waals surface area contributed by atoms with Crippen LogP contribution in [-0.4, -0.2) is 28.3 Å². The molecule has 0 radical (unpaired) electrons. The van der Waals surface area contributed by atoms with Gasteiger partial charge in [-0.1, -0.05) is 18.2 Å². The Labute approximate surface area is 113 Å². The Kier molecular flexibility index (Phi) is 4.84. The van der Waals surface area contributed by atoms with Crippen LogP contribution >= 0.6 is 11.8 Å². The van der Waals surface area contributed by atoms with Crippen molar-refractivity contribution < 1.29 is 0 Å². The van der Waals surface area contributed by atoms with Crippen molar-refractivity contribution in [2.45, 2.75) is 13.0 Å². The smallest absolute Gasteiger partial charge is 0.0645 e. The van der Waals surface area contributed by atoms with Gasteiger partial charge in [-0.3, -0.25) is 0 Å².